The van der Waals surface area contributed by atoms with Crippen LogP contribution in [0.1, 0.15) is 34.4 Å². The molecule has 3 rings (SSSR count). The number of carbonyl (C=O) groups is 2. The molecule has 0 aliphatic heterocycles. The summed E-state index contributed by atoms with van der Waals surface area (Å²) >= 11 is 1.46. The van der Waals surface area contributed by atoms with E-state index < -0.39 is 6.09 Å². The maximum atomic E-state index is 12.5. The maximum Gasteiger partial charge on any atom is 0.406 e. The van der Waals surface area contributed by atoms with Crippen molar-refractivity contribution in [2.45, 2.75) is 32.1 Å². The van der Waals surface area contributed by atoms with Crippen LogP contribution in [0.25, 0.3) is 0 Å². The fourth-order valence-corrected chi connectivity index (χ4v) is 4.87. The Balaban J connectivity index is 1.61. The first kappa shape index (κ1) is 21.7. The molecular formula is C22H25N3O4S. The topological polar surface area (TPSA) is 100 Å². The van der Waals surface area contributed by atoms with Gasteiger partial charge in [-0.3, -0.25) is 4.79 Å². The molecule has 0 radical (unpaired) electrons. The second-order valence-corrected chi connectivity index (χ2v) is 8.28. The fraction of sp³-hybridized carbons (Fsp3) is 0.409. The SMILES string of the molecule is CNC(=O)OCC1CCc2c(sc(NC(=O)CCc3cccc(OC)c3)c2C#N)C1. The smallest absolute Gasteiger partial charge is 0.406 e. The van der Waals surface area contributed by atoms with Crippen LogP contribution in [0.5, 0.6) is 5.75 Å². The summed E-state index contributed by atoms with van der Waals surface area (Å²) in [6, 6.07) is 9.90. The molecule has 2 amide bonds. The first-order valence-electron chi connectivity index (χ1n) is 9.86. The molecular weight excluding hydrogens is 402 g/mol. The number of nitriles is 1. The third-order valence-electron chi connectivity index (χ3n) is 5.16. The largest absolute Gasteiger partial charge is 0.497 e. The van der Waals surface area contributed by atoms with E-state index in [9.17, 15) is 14.9 Å². The van der Waals surface area contributed by atoms with Crippen LogP contribution in [0.15, 0.2) is 24.3 Å². The zero-order valence-corrected chi connectivity index (χ0v) is 17.9. The molecule has 0 saturated carbocycles. The number of hydrogen-bond donors (Lipinski definition) is 2. The highest BCUT2D eigenvalue weighted by Gasteiger charge is 2.27. The predicted octanol–water partition coefficient (Wildman–Crippen LogP) is 3.66. The molecule has 1 aromatic heterocycles. The van der Waals surface area contributed by atoms with E-state index in [-0.39, 0.29) is 11.8 Å². The number of hydrogen-bond acceptors (Lipinski definition) is 6. The summed E-state index contributed by atoms with van der Waals surface area (Å²) < 4.78 is 10.4. The lowest BCUT2D eigenvalue weighted by molar-refractivity contribution is -0.116. The van der Waals surface area contributed by atoms with Crippen molar-refractivity contribution >= 4 is 28.3 Å². The number of ether oxygens (including phenoxy) is 2. The minimum atomic E-state index is -0.436. The van der Waals surface area contributed by atoms with Gasteiger partial charge in [0.05, 0.1) is 19.3 Å². The number of nitrogens with zero attached hydrogens (tertiary/aromatic N) is 1. The Morgan fingerprint density at radius 2 is 2.20 bits per heavy atom. The van der Waals surface area contributed by atoms with Crippen LogP contribution in [0, 0.1) is 17.2 Å². The van der Waals surface area contributed by atoms with Gasteiger partial charge in [-0.15, -0.1) is 11.3 Å². The van der Waals surface area contributed by atoms with Crippen LogP contribution in [-0.2, 0) is 28.8 Å². The zero-order chi connectivity index (χ0) is 21.5. The fourth-order valence-electron chi connectivity index (χ4n) is 3.54. The van der Waals surface area contributed by atoms with Gasteiger partial charge in [-0.2, -0.15) is 5.26 Å². The van der Waals surface area contributed by atoms with Gasteiger partial charge in [-0.1, -0.05) is 12.1 Å². The molecule has 1 aliphatic carbocycles. The van der Waals surface area contributed by atoms with Crippen molar-refractivity contribution in [1.29, 1.82) is 5.26 Å². The molecule has 1 aliphatic rings. The minimum Gasteiger partial charge on any atom is -0.497 e. The third-order valence-corrected chi connectivity index (χ3v) is 6.33. The molecule has 1 atom stereocenters. The summed E-state index contributed by atoms with van der Waals surface area (Å²) in [6.07, 6.45) is 2.81. The molecule has 2 N–H and O–H groups in total. The van der Waals surface area contributed by atoms with Gasteiger partial charge < -0.3 is 20.1 Å². The minimum absolute atomic E-state index is 0.118. The summed E-state index contributed by atoms with van der Waals surface area (Å²) in [7, 11) is 3.14. The van der Waals surface area contributed by atoms with E-state index in [0.717, 1.165) is 41.0 Å². The van der Waals surface area contributed by atoms with Crippen LogP contribution < -0.4 is 15.4 Å². The predicted molar refractivity (Wildman–Crippen MR) is 115 cm³/mol. The summed E-state index contributed by atoms with van der Waals surface area (Å²) in [6.45, 7) is 0.348. The number of thiophene rings is 1. The third kappa shape index (κ3) is 5.30. The number of nitrogens with one attached hydrogen (secondary N) is 2. The van der Waals surface area contributed by atoms with Crippen molar-refractivity contribution in [2.75, 3.05) is 26.1 Å². The van der Waals surface area contributed by atoms with Crippen molar-refractivity contribution in [3.8, 4) is 11.8 Å². The number of amides is 2. The Hall–Kier alpha value is -3.05. The zero-order valence-electron chi connectivity index (χ0n) is 17.1. The number of methoxy groups -OCH3 is 1. The molecule has 2 aromatic rings. The van der Waals surface area contributed by atoms with Crippen LogP contribution in [0.3, 0.4) is 0 Å². The Morgan fingerprint density at radius 1 is 1.37 bits per heavy atom. The van der Waals surface area contributed by atoms with E-state index in [1.165, 1.54) is 18.4 Å². The Morgan fingerprint density at radius 3 is 2.93 bits per heavy atom. The van der Waals surface area contributed by atoms with Crippen LogP contribution >= 0.6 is 11.3 Å². The second-order valence-electron chi connectivity index (χ2n) is 7.18. The summed E-state index contributed by atoms with van der Waals surface area (Å²) in [5.74, 6) is 0.865. The lowest BCUT2D eigenvalue weighted by Crippen LogP contribution is -2.25. The van der Waals surface area contributed by atoms with Gasteiger partial charge in [0, 0.05) is 18.3 Å². The van der Waals surface area contributed by atoms with Crippen LogP contribution in [-0.4, -0.2) is 32.8 Å². The number of carbonyl (C=O) groups excluding carboxylic acids is 2. The monoisotopic (exact) mass is 427 g/mol. The number of rotatable bonds is 7. The number of alkyl carbamates (subject to hydrolysis) is 1. The van der Waals surface area contributed by atoms with Crippen molar-refractivity contribution in [2.24, 2.45) is 5.92 Å². The highest BCUT2D eigenvalue weighted by molar-refractivity contribution is 7.16. The molecule has 1 unspecified atom stereocenters. The number of aryl methyl sites for hydroxylation is 1. The molecule has 0 spiro atoms. The maximum absolute atomic E-state index is 12.5. The first-order valence-corrected chi connectivity index (χ1v) is 10.7. The van der Waals surface area contributed by atoms with E-state index in [4.69, 9.17) is 9.47 Å². The van der Waals surface area contributed by atoms with Gasteiger partial charge in [-0.05, 0) is 54.9 Å². The molecule has 0 fully saturated rings. The average molecular weight is 428 g/mol. The summed E-state index contributed by atoms with van der Waals surface area (Å²) in [5.41, 5.74) is 2.60. The number of fused-ring (bicyclic) bond motifs is 1. The lowest BCUT2D eigenvalue weighted by Gasteiger charge is -2.21. The first-order chi connectivity index (χ1) is 14.5. The standard InChI is InChI=1S/C22H25N3O4S/c1-24-22(27)29-13-15-6-8-17-18(12-23)21(30-19(17)11-15)25-20(26)9-7-14-4-3-5-16(10-14)28-2/h3-5,10,15H,6-9,11,13H2,1-2H3,(H,24,27)(H,25,26). The van der Waals surface area contributed by atoms with Crippen molar-refractivity contribution in [3.63, 3.8) is 0 Å². The second kappa shape index (κ2) is 10.1. The van der Waals surface area contributed by atoms with E-state index in [1.807, 2.05) is 24.3 Å². The van der Waals surface area contributed by atoms with Crippen LogP contribution in [0.4, 0.5) is 9.80 Å². The molecule has 0 saturated heterocycles. The molecule has 8 heteroatoms. The Labute approximate surface area is 180 Å². The van der Waals surface area contributed by atoms with E-state index >= 15 is 0 Å². The summed E-state index contributed by atoms with van der Waals surface area (Å²) in [4.78, 5) is 24.9. The Bertz CT molecular complexity index is 964. The van der Waals surface area contributed by atoms with E-state index in [1.54, 1.807) is 7.11 Å². The van der Waals surface area contributed by atoms with Gasteiger partial charge >= 0.3 is 6.09 Å². The van der Waals surface area contributed by atoms with Gasteiger partial charge in [0.1, 0.15) is 16.8 Å². The molecule has 158 valence electrons. The van der Waals surface area contributed by atoms with E-state index in [2.05, 4.69) is 16.7 Å². The average Bonchev–Trinajstić information content (AvgIpc) is 3.12. The van der Waals surface area contributed by atoms with Gasteiger partial charge in [0.15, 0.2) is 0 Å². The van der Waals surface area contributed by atoms with Crippen molar-refractivity contribution < 1.29 is 19.1 Å². The Kier molecular flexibility index (Phi) is 7.31. The van der Waals surface area contributed by atoms with Crippen LogP contribution in [0.2, 0.25) is 0 Å². The normalized spacial score (nSPS) is 14.9. The highest BCUT2D eigenvalue weighted by atomic mass is 32.1. The molecule has 0 bridgehead atoms. The van der Waals surface area contributed by atoms with Crippen molar-refractivity contribution in [1.82, 2.24) is 5.32 Å². The molecule has 1 heterocycles. The summed E-state index contributed by atoms with van der Waals surface area (Å²) in [5, 5.41) is 15.6. The number of benzene rings is 1. The highest BCUT2D eigenvalue weighted by Crippen LogP contribution is 2.39. The molecule has 30 heavy (non-hydrogen) atoms. The number of anilines is 1. The molecule has 7 nitrogen and oxygen atoms in total. The molecule has 1 aromatic carbocycles. The lowest BCUT2D eigenvalue weighted by atomic mass is 9.88. The quantitative estimate of drug-likeness (QED) is 0.702. The van der Waals surface area contributed by atoms with Gasteiger partial charge in [0.25, 0.3) is 0 Å². The van der Waals surface area contributed by atoms with Gasteiger partial charge in [-0.25, -0.2) is 4.79 Å². The van der Waals surface area contributed by atoms with Crippen molar-refractivity contribution in [3.05, 3.63) is 45.8 Å². The van der Waals surface area contributed by atoms with E-state index in [0.29, 0.717) is 30.0 Å². The van der Waals surface area contributed by atoms with Gasteiger partial charge in [0.2, 0.25) is 5.91 Å².